The zero-order valence-electron chi connectivity index (χ0n) is 12.7. The maximum absolute atomic E-state index is 12.5. The highest BCUT2D eigenvalue weighted by Crippen LogP contribution is 2.28. The molecule has 0 aliphatic carbocycles. The number of thiocarbonyl (C=S) groups is 1. The standard InChI is InChI=1S/C16H14N2O3S3/c1-3-11-8-23-9-15(11)24(19,20)18-13-4-5-14-12(7-13)6-10(2)21-16(22)17-14/h1,4-5,7-10,18H,6H2,2H3,(H,17,22). The highest BCUT2D eigenvalue weighted by Gasteiger charge is 2.21. The predicted octanol–water partition coefficient (Wildman–Crippen LogP) is 3.19. The Balaban J connectivity index is 1.92. The van der Waals surface area contributed by atoms with Gasteiger partial charge in [0.05, 0.1) is 5.56 Å². The van der Waals surface area contributed by atoms with Gasteiger partial charge in [-0.2, -0.15) is 0 Å². The summed E-state index contributed by atoms with van der Waals surface area (Å²) in [5.41, 5.74) is 2.55. The van der Waals surface area contributed by atoms with Crippen LogP contribution in [0.5, 0.6) is 0 Å². The minimum atomic E-state index is -3.73. The van der Waals surface area contributed by atoms with E-state index in [9.17, 15) is 8.42 Å². The van der Waals surface area contributed by atoms with E-state index in [0.29, 0.717) is 22.8 Å². The molecule has 2 aromatic rings. The molecular formula is C16H14N2O3S3. The number of ether oxygens (including phenoxy) is 1. The van der Waals surface area contributed by atoms with Crippen molar-refractivity contribution < 1.29 is 13.2 Å². The van der Waals surface area contributed by atoms with Gasteiger partial charge in [0.25, 0.3) is 15.2 Å². The lowest BCUT2D eigenvalue weighted by Crippen LogP contribution is -2.16. The van der Waals surface area contributed by atoms with Crippen LogP contribution < -0.4 is 10.0 Å². The largest absolute Gasteiger partial charge is 0.467 e. The Morgan fingerprint density at radius 3 is 3.00 bits per heavy atom. The second kappa shape index (κ2) is 6.43. The summed E-state index contributed by atoms with van der Waals surface area (Å²) in [5.74, 6) is 2.39. The van der Waals surface area contributed by atoms with Gasteiger partial charge in [-0.1, -0.05) is 5.92 Å². The summed E-state index contributed by atoms with van der Waals surface area (Å²) in [4.78, 5) is 0.112. The van der Waals surface area contributed by atoms with Crippen molar-refractivity contribution in [3.63, 3.8) is 0 Å². The summed E-state index contributed by atoms with van der Waals surface area (Å²) in [6.45, 7) is 1.91. The third kappa shape index (κ3) is 3.38. The molecule has 1 atom stereocenters. The van der Waals surface area contributed by atoms with Crippen LogP contribution in [-0.2, 0) is 21.2 Å². The van der Waals surface area contributed by atoms with Gasteiger partial charge in [-0.05, 0) is 42.9 Å². The van der Waals surface area contributed by atoms with E-state index in [1.54, 1.807) is 23.6 Å². The van der Waals surface area contributed by atoms with Gasteiger partial charge in [0.15, 0.2) is 0 Å². The third-order valence-electron chi connectivity index (χ3n) is 3.48. The topological polar surface area (TPSA) is 67.4 Å². The summed E-state index contributed by atoms with van der Waals surface area (Å²) in [7, 11) is -3.73. The number of hydrogen-bond acceptors (Lipinski definition) is 5. The van der Waals surface area contributed by atoms with Gasteiger partial charge in [0, 0.05) is 28.6 Å². The van der Waals surface area contributed by atoms with Crippen LogP contribution in [0.1, 0.15) is 18.1 Å². The number of fused-ring (bicyclic) bond motifs is 1. The summed E-state index contributed by atoms with van der Waals surface area (Å²) >= 11 is 6.34. The van der Waals surface area contributed by atoms with Gasteiger partial charge in [0.1, 0.15) is 11.0 Å². The Hall–Kier alpha value is -2.08. The Bertz CT molecular complexity index is 942. The molecular weight excluding hydrogens is 364 g/mol. The lowest BCUT2D eigenvalue weighted by molar-refractivity contribution is 0.217. The summed E-state index contributed by atoms with van der Waals surface area (Å²) in [6.07, 6.45) is 5.87. The van der Waals surface area contributed by atoms with Gasteiger partial charge in [-0.15, -0.1) is 17.8 Å². The maximum atomic E-state index is 12.5. The summed E-state index contributed by atoms with van der Waals surface area (Å²) in [5, 5.41) is 6.47. The lowest BCUT2D eigenvalue weighted by atomic mass is 10.1. The molecule has 1 aliphatic heterocycles. The zero-order valence-corrected chi connectivity index (χ0v) is 15.1. The monoisotopic (exact) mass is 378 g/mol. The third-order valence-corrected chi connectivity index (χ3v) is 5.99. The van der Waals surface area contributed by atoms with E-state index in [0.717, 1.165) is 11.3 Å². The summed E-state index contributed by atoms with van der Waals surface area (Å²) < 4.78 is 33.1. The molecule has 0 amide bonds. The minimum absolute atomic E-state index is 0.0944. The molecule has 8 heteroatoms. The highest BCUT2D eigenvalue weighted by molar-refractivity contribution is 7.93. The van der Waals surface area contributed by atoms with Crippen LogP contribution in [0.3, 0.4) is 0 Å². The second-order valence-corrected chi connectivity index (χ2v) is 8.08. The molecule has 1 aromatic heterocycles. The van der Waals surface area contributed by atoms with Crippen LogP contribution in [0.15, 0.2) is 33.9 Å². The van der Waals surface area contributed by atoms with Crippen molar-refractivity contribution in [2.75, 3.05) is 10.0 Å². The average molecular weight is 379 g/mol. The number of thiophene rings is 1. The molecule has 1 aliphatic rings. The van der Waals surface area contributed by atoms with Crippen LogP contribution >= 0.6 is 23.6 Å². The Labute approximate surface area is 150 Å². The summed E-state index contributed by atoms with van der Waals surface area (Å²) in [6, 6.07) is 5.22. The molecule has 0 bridgehead atoms. The zero-order chi connectivity index (χ0) is 17.3. The van der Waals surface area contributed by atoms with Crippen LogP contribution in [0.25, 0.3) is 0 Å². The van der Waals surface area contributed by atoms with Gasteiger partial charge in [0.2, 0.25) is 0 Å². The van der Waals surface area contributed by atoms with Crippen molar-refractivity contribution in [1.29, 1.82) is 0 Å². The molecule has 2 N–H and O–H groups in total. The fraction of sp³-hybridized carbons (Fsp3) is 0.188. The lowest BCUT2D eigenvalue weighted by Gasteiger charge is -2.11. The molecule has 2 heterocycles. The number of benzene rings is 1. The number of hydrogen-bond donors (Lipinski definition) is 2. The normalized spacial score (nSPS) is 17.0. The second-order valence-electron chi connectivity index (χ2n) is 5.32. The highest BCUT2D eigenvalue weighted by atomic mass is 32.2. The van der Waals surface area contributed by atoms with Gasteiger partial charge < -0.3 is 10.1 Å². The van der Waals surface area contributed by atoms with Gasteiger partial charge >= 0.3 is 0 Å². The van der Waals surface area contributed by atoms with E-state index < -0.39 is 10.0 Å². The van der Waals surface area contributed by atoms with E-state index in [1.165, 1.54) is 16.7 Å². The van der Waals surface area contributed by atoms with Crippen molar-refractivity contribution in [3.8, 4) is 12.3 Å². The molecule has 3 rings (SSSR count). The molecule has 1 unspecified atom stereocenters. The SMILES string of the molecule is C#Cc1cscc1S(=O)(=O)Nc1ccc2c(c1)CC(C)OC(=S)N2. The number of rotatable bonds is 3. The fourth-order valence-corrected chi connectivity index (χ4v) is 5.06. The predicted molar refractivity (Wildman–Crippen MR) is 100.0 cm³/mol. The molecule has 0 saturated carbocycles. The van der Waals surface area contributed by atoms with E-state index >= 15 is 0 Å². The first-order valence-corrected chi connectivity index (χ1v) is 9.88. The van der Waals surface area contributed by atoms with Gasteiger partial charge in [-0.25, -0.2) is 8.42 Å². The fourth-order valence-electron chi connectivity index (χ4n) is 2.43. The molecule has 0 saturated heterocycles. The van der Waals surface area contributed by atoms with Gasteiger partial charge in [-0.3, -0.25) is 4.72 Å². The molecule has 24 heavy (non-hydrogen) atoms. The molecule has 0 fully saturated rings. The van der Waals surface area contributed by atoms with E-state index in [-0.39, 0.29) is 11.0 Å². The number of terminal acetylenes is 1. The van der Waals surface area contributed by atoms with Crippen LogP contribution in [0.4, 0.5) is 11.4 Å². The van der Waals surface area contributed by atoms with Crippen molar-refractivity contribution in [3.05, 3.63) is 40.1 Å². The quantitative estimate of drug-likeness (QED) is 0.634. The van der Waals surface area contributed by atoms with Crippen LogP contribution in [-0.4, -0.2) is 19.7 Å². The van der Waals surface area contributed by atoms with Crippen molar-refractivity contribution in [1.82, 2.24) is 0 Å². The van der Waals surface area contributed by atoms with E-state index in [2.05, 4.69) is 16.0 Å². The molecule has 1 aromatic carbocycles. The number of anilines is 2. The maximum Gasteiger partial charge on any atom is 0.263 e. The van der Waals surface area contributed by atoms with Crippen molar-refractivity contribution >= 4 is 50.1 Å². The Kier molecular flexibility index (Phi) is 4.49. The first-order chi connectivity index (χ1) is 11.4. The first kappa shape index (κ1) is 16.8. The van der Waals surface area contributed by atoms with Crippen molar-refractivity contribution in [2.24, 2.45) is 0 Å². The van der Waals surface area contributed by atoms with E-state index in [4.69, 9.17) is 23.4 Å². The number of sulfonamides is 1. The smallest absolute Gasteiger partial charge is 0.263 e. The Morgan fingerprint density at radius 1 is 1.46 bits per heavy atom. The molecule has 124 valence electrons. The number of nitrogens with one attached hydrogen (secondary N) is 2. The van der Waals surface area contributed by atoms with Crippen LogP contribution in [0.2, 0.25) is 0 Å². The molecule has 0 radical (unpaired) electrons. The first-order valence-electron chi connectivity index (χ1n) is 7.05. The van der Waals surface area contributed by atoms with Crippen molar-refractivity contribution in [2.45, 2.75) is 24.3 Å². The van der Waals surface area contributed by atoms with E-state index in [1.807, 2.05) is 6.92 Å². The minimum Gasteiger partial charge on any atom is -0.467 e. The average Bonchev–Trinajstić information content (AvgIpc) is 2.93. The Morgan fingerprint density at radius 2 is 2.25 bits per heavy atom. The molecule has 5 nitrogen and oxygen atoms in total. The molecule has 0 spiro atoms. The van der Waals surface area contributed by atoms with Crippen LogP contribution in [0, 0.1) is 12.3 Å².